The molecule has 25 heavy (non-hydrogen) atoms. The lowest BCUT2D eigenvalue weighted by Gasteiger charge is -2.35. The highest BCUT2D eigenvalue weighted by atomic mass is 16.5. The first-order valence-corrected chi connectivity index (χ1v) is 9.04. The van der Waals surface area contributed by atoms with Crippen molar-refractivity contribution < 1.29 is 19.4 Å². The summed E-state index contributed by atoms with van der Waals surface area (Å²) in [6, 6.07) is 8.02. The minimum Gasteiger partial charge on any atom is -0.480 e. The van der Waals surface area contributed by atoms with Crippen LogP contribution in [0.5, 0.6) is 0 Å². The summed E-state index contributed by atoms with van der Waals surface area (Å²) in [5, 5.41) is 12.8. The third-order valence-electron chi connectivity index (χ3n) is 5.75. The van der Waals surface area contributed by atoms with Gasteiger partial charge in [0.25, 0.3) is 0 Å². The Morgan fingerprint density at radius 3 is 2.52 bits per heavy atom. The summed E-state index contributed by atoms with van der Waals surface area (Å²) in [7, 11) is 0. The maximum atomic E-state index is 13.0. The largest absolute Gasteiger partial charge is 0.480 e. The Labute approximate surface area is 148 Å². The molecule has 0 aromatic heterocycles. The van der Waals surface area contributed by atoms with Crippen molar-refractivity contribution in [2.45, 2.75) is 52.0 Å². The molecule has 0 bridgehead atoms. The second kappa shape index (κ2) is 6.79. The SMILES string of the molecule is CC1(C)CCc2ccccc2C(NC(=O)C2(C(=O)O)CCOCC2)C1. The highest BCUT2D eigenvalue weighted by molar-refractivity contribution is 6.02. The Bertz CT molecular complexity index is 661. The van der Waals surface area contributed by atoms with Crippen LogP contribution in [0.15, 0.2) is 24.3 Å². The Kier molecular flexibility index (Phi) is 4.87. The number of fused-ring (bicyclic) bond motifs is 1. The predicted octanol–water partition coefficient (Wildman–Crippen LogP) is 3.09. The summed E-state index contributed by atoms with van der Waals surface area (Å²) < 4.78 is 5.28. The molecule has 1 amide bonds. The fraction of sp³-hybridized carbons (Fsp3) is 0.600. The molecule has 1 aliphatic heterocycles. The van der Waals surface area contributed by atoms with E-state index in [1.54, 1.807) is 0 Å². The van der Waals surface area contributed by atoms with E-state index in [0.29, 0.717) is 13.2 Å². The molecule has 1 atom stereocenters. The lowest BCUT2D eigenvalue weighted by atomic mass is 9.78. The van der Waals surface area contributed by atoms with Gasteiger partial charge in [-0.3, -0.25) is 9.59 Å². The van der Waals surface area contributed by atoms with E-state index in [4.69, 9.17) is 4.74 Å². The van der Waals surface area contributed by atoms with Crippen LogP contribution in [0.1, 0.15) is 56.7 Å². The Morgan fingerprint density at radius 1 is 1.16 bits per heavy atom. The summed E-state index contributed by atoms with van der Waals surface area (Å²) >= 11 is 0. The summed E-state index contributed by atoms with van der Waals surface area (Å²) in [4.78, 5) is 24.9. The van der Waals surface area contributed by atoms with Crippen molar-refractivity contribution in [3.63, 3.8) is 0 Å². The van der Waals surface area contributed by atoms with Crippen molar-refractivity contribution >= 4 is 11.9 Å². The minimum atomic E-state index is -1.37. The van der Waals surface area contributed by atoms with E-state index in [1.807, 2.05) is 12.1 Å². The number of carbonyl (C=O) groups excluding carboxylic acids is 1. The van der Waals surface area contributed by atoms with Crippen molar-refractivity contribution in [3.05, 3.63) is 35.4 Å². The zero-order valence-corrected chi connectivity index (χ0v) is 15.0. The average molecular weight is 345 g/mol. The van der Waals surface area contributed by atoms with Crippen LogP contribution in [-0.4, -0.2) is 30.2 Å². The normalized spacial score (nSPS) is 24.6. The Balaban J connectivity index is 1.89. The smallest absolute Gasteiger partial charge is 0.319 e. The minimum absolute atomic E-state index is 0.0863. The lowest BCUT2D eigenvalue weighted by Crippen LogP contribution is -2.51. The first-order valence-electron chi connectivity index (χ1n) is 9.04. The Morgan fingerprint density at radius 2 is 1.84 bits per heavy atom. The van der Waals surface area contributed by atoms with E-state index >= 15 is 0 Å². The van der Waals surface area contributed by atoms with Gasteiger partial charge >= 0.3 is 5.97 Å². The van der Waals surface area contributed by atoms with Gasteiger partial charge in [0.2, 0.25) is 5.91 Å². The standard InChI is InChI=1S/C20H27NO4/c1-19(2)8-7-14-5-3-4-6-15(14)16(13-19)21-17(22)20(18(23)24)9-11-25-12-10-20/h3-6,16H,7-13H2,1-2H3,(H,21,22)(H,23,24). The molecule has 1 saturated heterocycles. The molecule has 5 heteroatoms. The van der Waals surface area contributed by atoms with Gasteiger partial charge in [0.1, 0.15) is 0 Å². The molecule has 1 heterocycles. The number of aryl methyl sites for hydroxylation is 1. The molecular weight excluding hydrogens is 318 g/mol. The van der Waals surface area contributed by atoms with Crippen molar-refractivity contribution in [3.8, 4) is 0 Å². The van der Waals surface area contributed by atoms with E-state index in [-0.39, 0.29) is 30.2 Å². The molecule has 1 aromatic carbocycles. The number of nitrogens with one attached hydrogen (secondary N) is 1. The molecule has 1 aliphatic carbocycles. The maximum Gasteiger partial charge on any atom is 0.319 e. The highest BCUT2D eigenvalue weighted by Crippen LogP contribution is 2.40. The molecule has 1 aromatic rings. The van der Waals surface area contributed by atoms with Gasteiger partial charge in [0.05, 0.1) is 6.04 Å². The number of amides is 1. The van der Waals surface area contributed by atoms with Gasteiger partial charge < -0.3 is 15.2 Å². The maximum absolute atomic E-state index is 13.0. The zero-order valence-electron chi connectivity index (χ0n) is 15.0. The van der Waals surface area contributed by atoms with Crippen molar-refractivity contribution in [2.24, 2.45) is 10.8 Å². The fourth-order valence-corrected chi connectivity index (χ4v) is 4.02. The van der Waals surface area contributed by atoms with Gasteiger partial charge in [0, 0.05) is 13.2 Å². The van der Waals surface area contributed by atoms with Crippen LogP contribution in [0.25, 0.3) is 0 Å². The van der Waals surface area contributed by atoms with Crippen LogP contribution in [0, 0.1) is 10.8 Å². The van der Waals surface area contributed by atoms with Gasteiger partial charge in [-0.25, -0.2) is 0 Å². The first-order chi connectivity index (χ1) is 11.8. The quantitative estimate of drug-likeness (QED) is 0.652. The molecular formula is C20H27NO4. The summed E-state index contributed by atoms with van der Waals surface area (Å²) in [6.07, 6.45) is 3.29. The number of carbonyl (C=O) groups is 2. The monoisotopic (exact) mass is 345 g/mol. The number of rotatable bonds is 3. The number of hydrogen-bond donors (Lipinski definition) is 2. The van der Waals surface area contributed by atoms with Crippen LogP contribution >= 0.6 is 0 Å². The molecule has 1 fully saturated rings. The number of carboxylic acids is 1. The average Bonchev–Trinajstić information content (AvgIpc) is 2.72. The third-order valence-corrected chi connectivity index (χ3v) is 5.75. The van der Waals surface area contributed by atoms with Crippen LogP contribution in [0.2, 0.25) is 0 Å². The van der Waals surface area contributed by atoms with Gasteiger partial charge in [-0.1, -0.05) is 38.1 Å². The molecule has 3 rings (SSSR count). The van der Waals surface area contributed by atoms with Crippen molar-refractivity contribution in [2.75, 3.05) is 13.2 Å². The van der Waals surface area contributed by atoms with E-state index < -0.39 is 11.4 Å². The number of carboxylic acid groups (broad SMARTS) is 1. The predicted molar refractivity (Wildman–Crippen MR) is 94.2 cm³/mol. The van der Waals surface area contributed by atoms with Gasteiger partial charge in [-0.15, -0.1) is 0 Å². The summed E-state index contributed by atoms with van der Waals surface area (Å²) in [5.74, 6) is -1.42. The molecule has 0 radical (unpaired) electrons. The number of benzene rings is 1. The second-order valence-corrected chi connectivity index (χ2v) is 8.09. The van der Waals surface area contributed by atoms with E-state index in [0.717, 1.165) is 24.8 Å². The number of aliphatic carboxylic acids is 1. The molecule has 1 unspecified atom stereocenters. The van der Waals surface area contributed by atoms with E-state index in [2.05, 4.69) is 31.3 Å². The molecule has 136 valence electrons. The van der Waals surface area contributed by atoms with Crippen LogP contribution < -0.4 is 5.32 Å². The molecule has 5 nitrogen and oxygen atoms in total. The highest BCUT2D eigenvalue weighted by Gasteiger charge is 2.48. The Hall–Kier alpha value is -1.88. The third kappa shape index (κ3) is 3.56. The zero-order chi connectivity index (χ0) is 18.1. The van der Waals surface area contributed by atoms with E-state index in [1.165, 1.54) is 5.56 Å². The summed E-state index contributed by atoms with van der Waals surface area (Å²) in [5.41, 5.74) is 1.08. The molecule has 2 aliphatic rings. The lowest BCUT2D eigenvalue weighted by molar-refractivity contribution is -0.162. The van der Waals surface area contributed by atoms with Crippen LogP contribution in [0.3, 0.4) is 0 Å². The summed E-state index contributed by atoms with van der Waals surface area (Å²) in [6.45, 7) is 5.04. The number of hydrogen-bond acceptors (Lipinski definition) is 3. The molecule has 2 N–H and O–H groups in total. The fourth-order valence-electron chi connectivity index (χ4n) is 4.02. The van der Waals surface area contributed by atoms with Gasteiger partial charge in [0.15, 0.2) is 5.41 Å². The first kappa shape index (κ1) is 17.9. The van der Waals surface area contributed by atoms with Crippen LogP contribution in [-0.2, 0) is 20.7 Å². The van der Waals surface area contributed by atoms with Crippen molar-refractivity contribution in [1.82, 2.24) is 5.32 Å². The second-order valence-electron chi connectivity index (χ2n) is 8.09. The van der Waals surface area contributed by atoms with Crippen molar-refractivity contribution in [1.29, 1.82) is 0 Å². The number of ether oxygens (including phenoxy) is 1. The molecule has 0 spiro atoms. The van der Waals surface area contributed by atoms with Gasteiger partial charge in [-0.05, 0) is 48.6 Å². The van der Waals surface area contributed by atoms with Crippen LogP contribution in [0.4, 0.5) is 0 Å². The topological polar surface area (TPSA) is 75.6 Å². The molecule has 0 saturated carbocycles. The van der Waals surface area contributed by atoms with E-state index in [9.17, 15) is 14.7 Å². The van der Waals surface area contributed by atoms with Gasteiger partial charge in [-0.2, -0.15) is 0 Å².